The maximum absolute atomic E-state index is 5.55. The van der Waals surface area contributed by atoms with Crippen LogP contribution in [0.4, 0.5) is 0 Å². The summed E-state index contributed by atoms with van der Waals surface area (Å²) in [5.41, 5.74) is 16.1. The number of benzene rings is 8. The van der Waals surface area contributed by atoms with Gasteiger partial charge in [0.15, 0.2) is 5.82 Å². The number of aromatic nitrogens is 3. The Morgan fingerprint density at radius 2 is 0.948 bits per heavy atom. The van der Waals surface area contributed by atoms with Crippen LogP contribution in [0.5, 0.6) is 0 Å². The van der Waals surface area contributed by atoms with Crippen molar-refractivity contribution in [2.24, 2.45) is 0 Å². The predicted octanol–water partition coefficient (Wildman–Crippen LogP) is 12.7. The molecule has 3 heterocycles. The zero-order chi connectivity index (χ0) is 38.8. The van der Waals surface area contributed by atoms with Gasteiger partial charge in [0.2, 0.25) is 0 Å². The van der Waals surface area contributed by atoms with Gasteiger partial charge in [-0.3, -0.25) is 0 Å². The van der Waals surface area contributed by atoms with Crippen molar-refractivity contribution in [3.63, 3.8) is 0 Å². The van der Waals surface area contributed by atoms with Crippen LogP contribution in [0.1, 0.15) is 0 Å². The van der Waals surface area contributed by atoms with E-state index in [1.165, 1.54) is 60.0 Å². The van der Waals surface area contributed by atoms with Gasteiger partial charge in [-0.2, -0.15) is 0 Å². The highest BCUT2D eigenvalue weighted by Crippen LogP contribution is 2.42. The minimum Gasteiger partial charge on any atom is -0.309 e. The Kier molecular flexibility index (Phi) is 7.95. The molecule has 0 fully saturated rings. The van der Waals surface area contributed by atoms with Crippen molar-refractivity contribution in [2.75, 3.05) is 0 Å². The van der Waals surface area contributed by atoms with E-state index in [-0.39, 0.29) is 0 Å². The predicted molar refractivity (Wildman–Crippen MR) is 246 cm³/mol. The first-order valence-electron chi connectivity index (χ1n) is 20.0. The Hall–Kier alpha value is -7.14. The van der Waals surface area contributed by atoms with E-state index in [1.807, 2.05) is 0 Å². The molecule has 0 aliphatic carbocycles. The molecule has 0 saturated carbocycles. The van der Waals surface area contributed by atoms with E-state index in [0.717, 1.165) is 45.2 Å². The number of para-hydroxylation sites is 1. The normalized spacial score (nSPS) is 12.8. The standard InChI is InChI=1S/C54H39N3Si/c1-58(2)49-30-13-12-27-45(49)52-53(58)51(55-54(56-52)42-24-14-21-38(33-42)36-17-6-3-7-18-36)41-23-15-22-40(34-41)44-28-16-29-48-50(44)46-35-39(37-19-8-4-9-20-37)31-32-47(46)57(48)43-25-10-5-11-26-43/h3-35H,1-2H3. The van der Waals surface area contributed by atoms with Gasteiger partial charge in [0.25, 0.3) is 0 Å². The summed E-state index contributed by atoms with van der Waals surface area (Å²) in [6, 6.07) is 72.2. The van der Waals surface area contributed by atoms with Crippen molar-refractivity contribution in [1.29, 1.82) is 0 Å². The molecule has 4 heteroatoms. The third kappa shape index (κ3) is 5.48. The monoisotopic (exact) mass is 757 g/mol. The van der Waals surface area contributed by atoms with E-state index in [4.69, 9.17) is 9.97 Å². The van der Waals surface area contributed by atoms with Crippen LogP contribution in [0.25, 0.3) is 94.8 Å². The Morgan fingerprint density at radius 1 is 0.397 bits per heavy atom. The Bertz CT molecular complexity index is 3180. The molecular formula is C54H39N3Si. The molecule has 10 aromatic rings. The summed E-state index contributed by atoms with van der Waals surface area (Å²) in [6.07, 6.45) is 0. The lowest BCUT2D eigenvalue weighted by Gasteiger charge is -2.22. The van der Waals surface area contributed by atoms with Gasteiger partial charge in [0.05, 0.1) is 22.4 Å². The SMILES string of the molecule is C[Si]1(C)c2ccccc2-c2nc(-c3cccc(-c4ccccc4)c3)nc(-c3cccc(-c4cccc5c4c4cc(-c6ccccc6)ccc4n5-c4ccccc4)c3)c21. The second-order valence-corrected chi connectivity index (χ2v) is 20.1. The maximum atomic E-state index is 5.55. The molecule has 2 aromatic heterocycles. The van der Waals surface area contributed by atoms with Gasteiger partial charge in [-0.15, -0.1) is 0 Å². The van der Waals surface area contributed by atoms with Gasteiger partial charge in [-0.05, 0) is 91.8 Å². The van der Waals surface area contributed by atoms with Crippen molar-refractivity contribution >= 4 is 40.3 Å². The molecule has 0 saturated heterocycles. The molecule has 0 bridgehead atoms. The largest absolute Gasteiger partial charge is 0.309 e. The first-order chi connectivity index (χ1) is 28.5. The zero-order valence-corrected chi connectivity index (χ0v) is 33.4. The number of hydrogen-bond donors (Lipinski definition) is 0. The van der Waals surface area contributed by atoms with Crippen molar-refractivity contribution < 1.29 is 0 Å². The van der Waals surface area contributed by atoms with Crippen LogP contribution in [0.3, 0.4) is 0 Å². The fourth-order valence-corrected chi connectivity index (χ4v) is 12.5. The van der Waals surface area contributed by atoms with Crippen LogP contribution >= 0.6 is 0 Å². The van der Waals surface area contributed by atoms with E-state index in [2.05, 4.69) is 218 Å². The highest BCUT2D eigenvalue weighted by Gasteiger charge is 2.41. The van der Waals surface area contributed by atoms with E-state index in [1.54, 1.807) is 0 Å². The molecule has 0 spiro atoms. The van der Waals surface area contributed by atoms with Gasteiger partial charge in [0.1, 0.15) is 8.07 Å². The second-order valence-electron chi connectivity index (χ2n) is 15.8. The van der Waals surface area contributed by atoms with Crippen molar-refractivity contribution in [3.05, 3.63) is 200 Å². The summed E-state index contributed by atoms with van der Waals surface area (Å²) in [5, 5.41) is 5.19. The first-order valence-corrected chi connectivity index (χ1v) is 23.0. The van der Waals surface area contributed by atoms with Crippen molar-refractivity contribution in [2.45, 2.75) is 13.1 Å². The summed E-state index contributed by atoms with van der Waals surface area (Å²) >= 11 is 0. The van der Waals surface area contributed by atoms with Gasteiger partial charge in [-0.25, -0.2) is 9.97 Å². The molecular weight excluding hydrogens is 719 g/mol. The minimum atomic E-state index is -2.17. The smallest absolute Gasteiger partial charge is 0.160 e. The minimum absolute atomic E-state index is 0.750. The molecule has 1 aliphatic heterocycles. The summed E-state index contributed by atoms with van der Waals surface area (Å²) in [4.78, 5) is 11.0. The van der Waals surface area contributed by atoms with Crippen LogP contribution in [0.15, 0.2) is 200 Å². The number of fused-ring (bicyclic) bond motifs is 6. The Labute approximate surface area is 339 Å². The van der Waals surface area contributed by atoms with Crippen molar-refractivity contribution in [1.82, 2.24) is 14.5 Å². The van der Waals surface area contributed by atoms with E-state index >= 15 is 0 Å². The number of rotatable bonds is 6. The Morgan fingerprint density at radius 3 is 1.71 bits per heavy atom. The summed E-state index contributed by atoms with van der Waals surface area (Å²) in [7, 11) is -2.17. The summed E-state index contributed by atoms with van der Waals surface area (Å²) < 4.78 is 2.41. The van der Waals surface area contributed by atoms with Crippen molar-refractivity contribution in [3.8, 4) is 73.0 Å². The molecule has 274 valence electrons. The quantitative estimate of drug-likeness (QED) is 0.158. The van der Waals surface area contributed by atoms with Crippen LogP contribution < -0.4 is 10.4 Å². The highest BCUT2D eigenvalue weighted by molar-refractivity contribution is 7.04. The zero-order valence-electron chi connectivity index (χ0n) is 32.4. The maximum Gasteiger partial charge on any atom is 0.160 e. The lowest BCUT2D eigenvalue weighted by molar-refractivity contribution is 1.18. The third-order valence-electron chi connectivity index (χ3n) is 12.0. The topological polar surface area (TPSA) is 30.7 Å². The molecule has 58 heavy (non-hydrogen) atoms. The number of hydrogen-bond acceptors (Lipinski definition) is 2. The molecule has 0 atom stereocenters. The van der Waals surface area contributed by atoms with Gasteiger partial charge >= 0.3 is 0 Å². The lowest BCUT2D eigenvalue weighted by atomic mass is 9.95. The van der Waals surface area contributed by atoms with Gasteiger partial charge < -0.3 is 4.57 Å². The van der Waals surface area contributed by atoms with E-state index in [9.17, 15) is 0 Å². The average molecular weight is 758 g/mol. The van der Waals surface area contributed by atoms with Gasteiger partial charge in [0, 0.05) is 27.6 Å². The Balaban J connectivity index is 1.14. The molecule has 0 N–H and O–H groups in total. The molecule has 1 aliphatic rings. The molecule has 0 unspecified atom stereocenters. The van der Waals surface area contributed by atoms with Crippen LogP contribution in [-0.2, 0) is 0 Å². The highest BCUT2D eigenvalue weighted by atomic mass is 28.3. The fraction of sp³-hybridized carbons (Fsp3) is 0.0370. The van der Waals surface area contributed by atoms with Crippen LogP contribution in [-0.4, -0.2) is 22.6 Å². The average Bonchev–Trinajstić information content (AvgIpc) is 3.75. The lowest BCUT2D eigenvalue weighted by Crippen LogP contribution is -2.50. The molecule has 3 nitrogen and oxygen atoms in total. The van der Waals surface area contributed by atoms with E-state index in [0.29, 0.717) is 0 Å². The molecule has 11 rings (SSSR count). The van der Waals surface area contributed by atoms with Crippen LogP contribution in [0, 0.1) is 0 Å². The summed E-state index contributed by atoms with van der Waals surface area (Å²) in [6.45, 7) is 4.90. The molecule has 8 aromatic carbocycles. The summed E-state index contributed by atoms with van der Waals surface area (Å²) in [5.74, 6) is 0.750. The second kappa shape index (κ2) is 13.5. The van der Waals surface area contributed by atoms with E-state index < -0.39 is 8.07 Å². The molecule has 0 radical (unpaired) electrons. The molecule has 0 amide bonds. The fourth-order valence-electron chi connectivity index (χ4n) is 9.23. The van der Waals surface area contributed by atoms with Gasteiger partial charge in [-0.1, -0.05) is 171 Å². The third-order valence-corrected chi connectivity index (χ3v) is 15.5. The number of nitrogens with zero attached hydrogens (tertiary/aromatic N) is 3. The van der Waals surface area contributed by atoms with Crippen LogP contribution in [0.2, 0.25) is 13.1 Å². The first kappa shape index (κ1) is 34.1.